The molecule has 2 N–H and O–H groups in total. The fourth-order valence-electron chi connectivity index (χ4n) is 1.17. The van der Waals surface area contributed by atoms with Gasteiger partial charge in [0, 0.05) is 13.1 Å². The van der Waals surface area contributed by atoms with Crippen molar-refractivity contribution in [2.24, 2.45) is 0 Å². The molecule has 0 aromatic rings. The highest BCUT2D eigenvalue weighted by molar-refractivity contribution is 5.85. The molecule has 0 aliphatic carbocycles. The lowest BCUT2D eigenvalue weighted by molar-refractivity contribution is -0.110. The molecule has 1 heterocycles. The lowest BCUT2D eigenvalue weighted by atomic mass is 10.1. The van der Waals surface area contributed by atoms with Gasteiger partial charge in [0.05, 0.1) is 18.3 Å². The van der Waals surface area contributed by atoms with Crippen LogP contribution in [0, 0.1) is 0 Å². The van der Waals surface area contributed by atoms with Crippen LogP contribution in [0.15, 0.2) is 0 Å². The Balaban J connectivity index is 0.000001000. The van der Waals surface area contributed by atoms with Crippen molar-refractivity contribution in [3.63, 3.8) is 0 Å². The second-order valence-corrected chi connectivity index (χ2v) is 3.31. The van der Waals surface area contributed by atoms with Crippen LogP contribution in [0.3, 0.4) is 0 Å². The Morgan fingerprint density at radius 1 is 1.64 bits per heavy atom. The molecule has 1 rings (SSSR count). The van der Waals surface area contributed by atoms with E-state index in [-0.39, 0.29) is 30.7 Å². The molecule has 0 aromatic heterocycles. The highest BCUT2D eigenvalue weighted by Gasteiger charge is 2.27. The number of ether oxygens (including phenoxy) is 1. The number of morpholine rings is 1. The molecular weight excluding hydrogens is 166 g/mol. The molecule has 0 saturated carbocycles. The first-order chi connectivity index (χ1) is 4.64. The normalized spacial score (nSPS) is 29.2. The van der Waals surface area contributed by atoms with Crippen LogP contribution in [0.1, 0.15) is 13.8 Å². The number of hydrogen-bond donors (Lipinski definition) is 2. The van der Waals surface area contributed by atoms with E-state index in [0.717, 1.165) is 13.1 Å². The van der Waals surface area contributed by atoms with Gasteiger partial charge in [-0.2, -0.15) is 0 Å². The molecule has 0 spiro atoms. The summed E-state index contributed by atoms with van der Waals surface area (Å²) in [5, 5.41) is 11.9. The average molecular weight is 182 g/mol. The standard InChI is InChI=1S/C7H15NO2.ClH/c1-7(2)5-8-3-6(4-9)10-7;/h6,8-9H,3-5H2,1-2H3;1H. The fourth-order valence-corrected chi connectivity index (χ4v) is 1.17. The maximum Gasteiger partial charge on any atom is 0.0937 e. The number of halogens is 1. The van der Waals surface area contributed by atoms with E-state index in [0.29, 0.717) is 0 Å². The molecule has 0 amide bonds. The van der Waals surface area contributed by atoms with E-state index >= 15 is 0 Å². The van der Waals surface area contributed by atoms with E-state index < -0.39 is 0 Å². The Morgan fingerprint density at radius 2 is 2.27 bits per heavy atom. The summed E-state index contributed by atoms with van der Waals surface area (Å²) in [7, 11) is 0. The molecule has 4 heteroatoms. The lowest BCUT2D eigenvalue weighted by Gasteiger charge is -2.35. The molecule has 1 aliphatic rings. The van der Waals surface area contributed by atoms with Crippen molar-refractivity contribution in [1.29, 1.82) is 0 Å². The van der Waals surface area contributed by atoms with Gasteiger partial charge in [0.25, 0.3) is 0 Å². The van der Waals surface area contributed by atoms with Gasteiger partial charge in [-0.3, -0.25) is 0 Å². The van der Waals surface area contributed by atoms with Crippen LogP contribution in [0.5, 0.6) is 0 Å². The second-order valence-electron chi connectivity index (χ2n) is 3.31. The Hall–Kier alpha value is 0.170. The van der Waals surface area contributed by atoms with Gasteiger partial charge in [-0.15, -0.1) is 12.4 Å². The fraction of sp³-hybridized carbons (Fsp3) is 1.00. The molecule has 3 nitrogen and oxygen atoms in total. The Kier molecular flexibility index (Phi) is 4.32. The van der Waals surface area contributed by atoms with Gasteiger partial charge in [-0.05, 0) is 13.8 Å². The minimum absolute atomic E-state index is 0. The minimum Gasteiger partial charge on any atom is -0.394 e. The van der Waals surface area contributed by atoms with Crippen molar-refractivity contribution in [3.05, 3.63) is 0 Å². The predicted molar refractivity (Wildman–Crippen MR) is 46.2 cm³/mol. The molecule has 0 radical (unpaired) electrons. The third-order valence-corrected chi connectivity index (χ3v) is 1.61. The second kappa shape index (κ2) is 4.26. The molecule has 0 aromatic carbocycles. The van der Waals surface area contributed by atoms with E-state index in [4.69, 9.17) is 9.84 Å². The van der Waals surface area contributed by atoms with Gasteiger partial charge in [-0.1, -0.05) is 0 Å². The zero-order valence-electron chi connectivity index (χ0n) is 6.96. The van der Waals surface area contributed by atoms with Crippen molar-refractivity contribution in [2.45, 2.75) is 25.6 Å². The first kappa shape index (κ1) is 11.2. The average Bonchev–Trinajstić information content (AvgIpc) is 1.86. The Labute approximate surface area is 73.5 Å². The molecule has 1 unspecified atom stereocenters. The van der Waals surface area contributed by atoms with Gasteiger partial charge >= 0.3 is 0 Å². The SMILES string of the molecule is CC1(C)CNCC(CO)O1.Cl. The van der Waals surface area contributed by atoms with E-state index in [1.807, 2.05) is 13.8 Å². The number of aliphatic hydroxyl groups excluding tert-OH is 1. The third-order valence-electron chi connectivity index (χ3n) is 1.61. The summed E-state index contributed by atoms with van der Waals surface area (Å²) in [6, 6.07) is 0. The van der Waals surface area contributed by atoms with E-state index in [1.54, 1.807) is 0 Å². The molecule has 0 bridgehead atoms. The molecular formula is C7H16ClNO2. The summed E-state index contributed by atoms with van der Waals surface area (Å²) in [4.78, 5) is 0. The highest BCUT2D eigenvalue weighted by atomic mass is 35.5. The van der Waals surface area contributed by atoms with Crippen LogP contribution in [0.25, 0.3) is 0 Å². The van der Waals surface area contributed by atoms with Crippen molar-refractivity contribution in [3.8, 4) is 0 Å². The van der Waals surface area contributed by atoms with Gasteiger partial charge in [0.15, 0.2) is 0 Å². The molecule has 1 atom stereocenters. The monoisotopic (exact) mass is 181 g/mol. The van der Waals surface area contributed by atoms with E-state index in [9.17, 15) is 0 Å². The van der Waals surface area contributed by atoms with Gasteiger partial charge < -0.3 is 15.2 Å². The summed E-state index contributed by atoms with van der Waals surface area (Å²) in [5.41, 5.74) is -0.119. The third kappa shape index (κ3) is 3.38. The van der Waals surface area contributed by atoms with E-state index in [1.165, 1.54) is 0 Å². The van der Waals surface area contributed by atoms with Gasteiger partial charge in [0.2, 0.25) is 0 Å². The van der Waals surface area contributed by atoms with Crippen molar-refractivity contribution < 1.29 is 9.84 Å². The first-order valence-electron chi connectivity index (χ1n) is 3.63. The predicted octanol–water partition coefficient (Wildman–Crippen LogP) is 0.168. The Bertz CT molecular complexity index is 119. The van der Waals surface area contributed by atoms with Gasteiger partial charge in [0.1, 0.15) is 0 Å². The topological polar surface area (TPSA) is 41.5 Å². The summed E-state index contributed by atoms with van der Waals surface area (Å²) >= 11 is 0. The number of nitrogens with one attached hydrogen (secondary N) is 1. The quantitative estimate of drug-likeness (QED) is 0.606. The number of rotatable bonds is 1. The maximum absolute atomic E-state index is 8.76. The molecule has 1 fully saturated rings. The summed E-state index contributed by atoms with van der Waals surface area (Å²) < 4.78 is 5.51. The Morgan fingerprint density at radius 3 is 2.64 bits per heavy atom. The van der Waals surface area contributed by atoms with Crippen molar-refractivity contribution >= 4 is 12.4 Å². The molecule has 68 valence electrons. The van der Waals surface area contributed by atoms with Crippen LogP contribution in [-0.4, -0.2) is 36.5 Å². The lowest BCUT2D eigenvalue weighted by Crippen LogP contribution is -2.51. The van der Waals surface area contributed by atoms with Crippen LogP contribution in [0.2, 0.25) is 0 Å². The number of hydrogen-bond acceptors (Lipinski definition) is 3. The van der Waals surface area contributed by atoms with Gasteiger partial charge in [-0.25, -0.2) is 0 Å². The summed E-state index contributed by atoms with van der Waals surface area (Å²) in [5.74, 6) is 0. The van der Waals surface area contributed by atoms with E-state index in [2.05, 4.69) is 5.32 Å². The van der Waals surface area contributed by atoms with Crippen LogP contribution >= 0.6 is 12.4 Å². The minimum atomic E-state index is -0.119. The zero-order valence-corrected chi connectivity index (χ0v) is 7.78. The highest BCUT2D eigenvalue weighted by Crippen LogP contribution is 2.14. The zero-order chi connectivity index (χ0) is 7.61. The summed E-state index contributed by atoms with van der Waals surface area (Å²) in [6.07, 6.45) is -0.0243. The smallest absolute Gasteiger partial charge is 0.0937 e. The molecule has 11 heavy (non-hydrogen) atoms. The first-order valence-corrected chi connectivity index (χ1v) is 3.63. The van der Waals surface area contributed by atoms with Crippen molar-refractivity contribution in [2.75, 3.05) is 19.7 Å². The maximum atomic E-state index is 8.76. The largest absolute Gasteiger partial charge is 0.394 e. The van der Waals surface area contributed by atoms with Crippen LogP contribution in [0.4, 0.5) is 0 Å². The number of aliphatic hydroxyl groups is 1. The molecule has 1 aliphatic heterocycles. The van der Waals surface area contributed by atoms with Crippen LogP contribution < -0.4 is 5.32 Å². The summed E-state index contributed by atoms with van der Waals surface area (Å²) in [6.45, 7) is 5.77. The molecule has 1 saturated heterocycles. The van der Waals surface area contributed by atoms with Crippen LogP contribution in [-0.2, 0) is 4.74 Å². The van der Waals surface area contributed by atoms with Crippen molar-refractivity contribution in [1.82, 2.24) is 5.32 Å².